The minimum absolute atomic E-state index is 0.0148. The van der Waals surface area contributed by atoms with E-state index in [9.17, 15) is 19.0 Å². The second kappa shape index (κ2) is 12.2. The summed E-state index contributed by atoms with van der Waals surface area (Å²) in [5.74, 6) is -0.174. The van der Waals surface area contributed by atoms with Gasteiger partial charge in [-0.1, -0.05) is 29.7 Å². The molecule has 6 N–H and O–H groups in total. The predicted octanol–water partition coefficient (Wildman–Crippen LogP) is 0.179. The Kier molecular flexibility index (Phi) is 8.69. The van der Waals surface area contributed by atoms with Crippen LogP contribution in [0.25, 0.3) is 22.3 Å². The van der Waals surface area contributed by atoms with E-state index in [2.05, 4.69) is 59.7 Å². The first-order chi connectivity index (χ1) is 20.9. The Morgan fingerprint density at radius 1 is 1.20 bits per heavy atom. The van der Waals surface area contributed by atoms with Gasteiger partial charge in [-0.2, -0.15) is 9.67 Å². The van der Waals surface area contributed by atoms with Crippen molar-refractivity contribution in [2.24, 2.45) is 0 Å². The van der Waals surface area contributed by atoms with Crippen LogP contribution in [0, 0.1) is 0 Å². The summed E-state index contributed by atoms with van der Waals surface area (Å²) in [4.78, 5) is 30.5. The van der Waals surface area contributed by atoms with Gasteiger partial charge in [0.1, 0.15) is 24.6 Å². The predicted molar refractivity (Wildman–Crippen MR) is 155 cm³/mol. The van der Waals surface area contributed by atoms with E-state index in [1.54, 1.807) is 0 Å². The molecule has 6 rings (SSSR count). The number of nitrogens with zero attached hydrogens (tertiary/aromatic N) is 8. The maximum Gasteiger partial charge on any atom is 0.386 e. The van der Waals surface area contributed by atoms with Gasteiger partial charge in [-0.15, -0.1) is 5.10 Å². The van der Waals surface area contributed by atoms with Gasteiger partial charge in [0.25, 0.3) is 5.56 Å². The van der Waals surface area contributed by atoms with E-state index in [4.69, 9.17) is 34.5 Å². The van der Waals surface area contributed by atoms with E-state index in [1.807, 2.05) is 0 Å². The summed E-state index contributed by atoms with van der Waals surface area (Å²) >= 11 is 7.80. The topological polar surface area (TPSA) is 273 Å². The third-order valence-electron chi connectivity index (χ3n) is 6.76. The van der Waals surface area contributed by atoms with Crippen LogP contribution in [0.5, 0.6) is 0 Å². The van der Waals surface area contributed by atoms with Crippen LogP contribution in [0.15, 0.2) is 17.4 Å². The number of fused-ring (bicyclic) bond motifs is 2. The number of aliphatic hydroxyl groups excluding tert-OH is 1. The van der Waals surface area contributed by atoms with Crippen LogP contribution in [-0.2, 0) is 32.2 Å². The quantitative estimate of drug-likeness (QED) is 0.0953. The molecule has 0 saturated carbocycles. The molecule has 0 amide bonds. The zero-order chi connectivity index (χ0) is 31.3. The number of nitrogen functional groups attached to an aromatic ring is 2. The summed E-state index contributed by atoms with van der Waals surface area (Å²) in [6, 6.07) is 0. The summed E-state index contributed by atoms with van der Waals surface area (Å²) in [5, 5.41) is 18.2. The molecule has 0 bridgehead atoms. The molecule has 0 aromatic carbocycles. The van der Waals surface area contributed by atoms with E-state index < -0.39 is 69.2 Å². The van der Waals surface area contributed by atoms with Crippen LogP contribution in [-0.4, -0.2) is 93.4 Å². The molecule has 6 heterocycles. The largest absolute Gasteiger partial charge is 0.387 e. The summed E-state index contributed by atoms with van der Waals surface area (Å²) in [6.07, 6.45) is -7.03. The molecule has 0 spiro atoms. The minimum Gasteiger partial charge on any atom is -0.387 e. The molecule has 2 fully saturated rings. The van der Waals surface area contributed by atoms with Gasteiger partial charge in [-0.05, 0) is 0 Å². The molecule has 4 aromatic heterocycles. The molecule has 4 aromatic rings. The van der Waals surface area contributed by atoms with Crippen molar-refractivity contribution in [2.45, 2.75) is 49.5 Å². The maximum absolute atomic E-state index is 15.1. The maximum atomic E-state index is 15.1. The van der Waals surface area contributed by atoms with Crippen molar-refractivity contribution in [1.29, 1.82) is 0 Å². The van der Waals surface area contributed by atoms with Gasteiger partial charge in [0.2, 0.25) is 13.2 Å². The summed E-state index contributed by atoms with van der Waals surface area (Å²) in [7, 11) is -2.61. The highest BCUT2D eigenvalue weighted by Crippen LogP contribution is 2.57. The number of ether oxygens (including phenoxy) is 2. The lowest BCUT2D eigenvalue weighted by Gasteiger charge is -2.24. The van der Waals surface area contributed by atoms with Crippen LogP contribution in [0.2, 0.25) is 0 Å². The summed E-state index contributed by atoms with van der Waals surface area (Å²) in [6.45, 7) is -5.05. The number of thiol groups is 2. The fraction of sp³-hybridized carbons (Fsp3) is 0.526. The van der Waals surface area contributed by atoms with Crippen molar-refractivity contribution < 1.29 is 41.7 Å². The molecule has 2 unspecified atom stereocenters. The summed E-state index contributed by atoms with van der Waals surface area (Å²) < 4.78 is 70.0. The van der Waals surface area contributed by atoms with Crippen LogP contribution >= 0.6 is 38.5 Å². The van der Waals surface area contributed by atoms with Crippen molar-refractivity contribution in [2.75, 3.05) is 24.7 Å². The third-order valence-corrected chi connectivity index (χ3v) is 9.20. The Labute approximate surface area is 255 Å². The molecule has 25 heteroatoms. The SMILES string of the molecule is Nc1nc2c(ncn2[C@@H]2O[C@H](CO[PH](=O)S)C[C@H]2OP(=O)(S)OC[C@H]2O[C@@H](n3nnc4c(N)ncnc43)[C@@H](F)[C@@H]2O)c(=O)[nH]1. The number of anilines is 2. The van der Waals surface area contributed by atoms with Crippen molar-refractivity contribution in [3.63, 3.8) is 0 Å². The third kappa shape index (κ3) is 6.08. The smallest absolute Gasteiger partial charge is 0.386 e. The first kappa shape index (κ1) is 31.3. The number of rotatable bonds is 10. The van der Waals surface area contributed by atoms with Gasteiger partial charge < -0.3 is 30.6 Å². The minimum atomic E-state index is -4.28. The molecular weight excluding hydrogens is 671 g/mol. The van der Waals surface area contributed by atoms with Crippen LogP contribution in [0.1, 0.15) is 18.9 Å². The Hall–Kier alpha value is -2.72. The number of alkyl halides is 1. The van der Waals surface area contributed by atoms with E-state index in [-0.39, 0.29) is 47.1 Å². The fourth-order valence-corrected chi connectivity index (χ4v) is 6.86. The van der Waals surface area contributed by atoms with Crippen LogP contribution < -0.4 is 17.0 Å². The van der Waals surface area contributed by atoms with E-state index in [1.165, 1.54) is 10.9 Å². The lowest BCUT2D eigenvalue weighted by molar-refractivity contribution is -0.0542. The average molecular weight is 696 g/mol. The molecule has 0 aliphatic carbocycles. The van der Waals surface area contributed by atoms with Crippen molar-refractivity contribution in [3.05, 3.63) is 23.0 Å². The van der Waals surface area contributed by atoms with Gasteiger partial charge in [0.05, 0.1) is 25.6 Å². The Balaban J connectivity index is 1.17. The van der Waals surface area contributed by atoms with Gasteiger partial charge in [-0.25, -0.2) is 23.9 Å². The number of H-pyrrole nitrogens is 1. The van der Waals surface area contributed by atoms with Crippen molar-refractivity contribution in [3.8, 4) is 0 Å². The van der Waals surface area contributed by atoms with Gasteiger partial charge in [0.15, 0.2) is 46.8 Å². The second-order valence-electron chi connectivity index (χ2n) is 9.61. The lowest BCUT2D eigenvalue weighted by Crippen LogP contribution is -2.31. The number of hydrogen-bond donors (Lipinski definition) is 6. The van der Waals surface area contributed by atoms with Gasteiger partial charge in [0, 0.05) is 6.42 Å². The zero-order valence-electron chi connectivity index (χ0n) is 22.0. The average Bonchev–Trinajstić information content (AvgIpc) is 3.73. The molecular formula is C19H24FN11O9P2S2. The molecule has 44 heavy (non-hydrogen) atoms. The van der Waals surface area contributed by atoms with E-state index in [0.29, 0.717) is 0 Å². The fourth-order valence-electron chi connectivity index (χ4n) is 4.82. The number of imidazole rings is 1. The highest BCUT2D eigenvalue weighted by atomic mass is 32.7. The van der Waals surface area contributed by atoms with Crippen molar-refractivity contribution in [1.82, 2.24) is 44.5 Å². The Morgan fingerprint density at radius 2 is 2.00 bits per heavy atom. The Bertz CT molecular complexity index is 1830. The van der Waals surface area contributed by atoms with Crippen LogP contribution in [0.3, 0.4) is 0 Å². The molecule has 20 nitrogen and oxygen atoms in total. The molecule has 2 saturated heterocycles. The van der Waals surface area contributed by atoms with Gasteiger partial charge in [-0.3, -0.25) is 28.0 Å². The van der Waals surface area contributed by atoms with E-state index in [0.717, 1.165) is 11.0 Å². The molecule has 9 atom stereocenters. The van der Waals surface area contributed by atoms with Crippen LogP contribution in [0.4, 0.5) is 16.2 Å². The lowest BCUT2D eigenvalue weighted by atomic mass is 10.1. The molecule has 0 radical (unpaired) electrons. The monoisotopic (exact) mass is 695 g/mol. The number of aromatic amines is 1. The number of nitrogens with one attached hydrogen (secondary N) is 1. The summed E-state index contributed by atoms with van der Waals surface area (Å²) in [5.41, 5.74) is 11.0. The second-order valence-corrected chi connectivity index (χ2v) is 14.4. The standard InChI is InChI=1S/C19H24FN11O9P2S2/c20-9-12(32)8(39-18(9)31-14-10(28-29-31)13(21)23-4-24-14)3-37-42(35,44)40-7-1-6(2-36-41(34)43)38-17(7)30-5-25-11-15(30)26-19(22)27-16(11)33/h4-9,12,17-18,32,41H,1-3H2,(H,34,43)(H,35,44)(H2,21,23,24)(H3,22,26,27,33)/t6-,7+,8+,9-,12+,17+,18+,42?/m0/s1. The first-order valence-corrected chi connectivity index (χ1v) is 17.9. The van der Waals surface area contributed by atoms with E-state index >= 15 is 4.39 Å². The zero-order valence-corrected chi connectivity index (χ0v) is 25.7. The highest BCUT2D eigenvalue weighted by molar-refractivity contribution is 8.44. The molecule has 2 aliphatic rings. The number of hydrogen-bond acceptors (Lipinski definition) is 17. The first-order valence-electron chi connectivity index (χ1n) is 12.6. The normalized spacial score (nSPS) is 29.4. The molecule has 2 aliphatic heterocycles. The number of aliphatic hydroxyl groups is 1. The number of nitrogens with two attached hydrogens (primary N) is 2. The van der Waals surface area contributed by atoms with Gasteiger partial charge >= 0.3 is 6.80 Å². The van der Waals surface area contributed by atoms with Crippen molar-refractivity contribution >= 4 is 72.6 Å². The number of aromatic nitrogens is 9. The number of halogens is 1. The highest BCUT2D eigenvalue weighted by Gasteiger charge is 2.48. The molecule has 238 valence electrons. The Morgan fingerprint density at radius 3 is 2.77 bits per heavy atom.